The summed E-state index contributed by atoms with van der Waals surface area (Å²) in [6, 6.07) is 69.4. The third-order valence-corrected chi connectivity index (χ3v) is 11.0. The zero-order chi connectivity index (χ0) is 35.8. The molecule has 0 aromatic heterocycles. The van der Waals surface area contributed by atoms with Gasteiger partial charge in [-0.15, -0.1) is 0 Å². The van der Waals surface area contributed by atoms with Crippen molar-refractivity contribution in [1.82, 2.24) is 0 Å². The van der Waals surface area contributed by atoms with E-state index in [-0.39, 0.29) is 0 Å². The van der Waals surface area contributed by atoms with Crippen LogP contribution in [0.2, 0.25) is 0 Å². The Kier molecular flexibility index (Phi) is 8.08. The molecule has 1 aliphatic carbocycles. The summed E-state index contributed by atoms with van der Waals surface area (Å²) in [6.07, 6.45) is 9.15. The Labute approximate surface area is 317 Å². The molecule has 0 heterocycles. The van der Waals surface area contributed by atoms with Crippen LogP contribution in [0.1, 0.15) is 18.4 Å². The van der Waals surface area contributed by atoms with Gasteiger partial charge in [-0.1, -0.05) is 158 Å². The van der Waals surface area contributed by atoms with Crippen molar-refractivity contribution in [2.75, 3.05) is 0 Å². The summed E-state index contributed by atoms with van der Waals surface area (Å²) >= 11 is 0. The molecule has 0 spiro atoms. The number of hydrogen-bond acceptors (Lipinski definition) is 0. The smallest absolute Gasteiger partial charge is 0.00926 e. The third kappa shape index (κ3) is 5.93. The van der Waals surface area contributed by atoms with Crippen LogP contribution in [0.4, 0.5) is 0 Å². The first-order valence-corrected chi connectivity index (χ1v) is 19.0. The Bertz CT molecular complexity index is 2840. The van der Waals surface area contributed by atoms with Crippen LogP contribution in [0.15, 0.2) is 206 Å². The maximum absolute atomic E-state index is 2.43. The van der Waals surface area contributed by atoms with Gasteiger partial charge < -0.3 is 0 Å². The Morgan fingerprint density at radius 2 is 0.611 bits per heavy atom. The van der Waals surface area contributed by atoms with Crippen molar-refractivity contribution in [2.45, 2.75) is 12.8 Å². The fourth-order valence-electron chi connectivity index (χ4n) is 8.29. The highest BCUT2D eigenvalue weighted by Crippen LogP contribution is 2.41. The largest absolute Gasteiger partial charge is 0.0836 e. The van der Waals surface area contributed by atoms with E-state index in [1.807, 2.05) is 0 Å². The van der Waals surface area contributed by atoms with Gasteiger partial charge in [0.25, 0.3) is 0 Å². The zero-order valence-electron chi connectivity index (χ0n) is 30.0. The number of rotatable bonds is 6. The first kappa shape index (κ1) is 31.9. The van der Waals surface area contributed by atoms with Gasteiger partial charge in [-0.05, 0) is 160 Å². The average molecular weight is 687 g/mol. The van der Waals surface area contributed by atoms with Crippen molar-refractivity contribution in [3.05, 3.63) is 212 Å². The minimum atomic E-state index is 1.08. The molecule has 54 heavy (non-hydrogen) atoms. The van der Waals surface area contributed by atoms with Crippen molar-refractivity contribution in [1.29, 1.82) is 0 Å². The monoisotopic (exact) mass is 686 g/mol. The first-order valence-electron chi connectivity index (χ1n) is 19.0. The molecule has 0 N–H and O–H groups in total. The second-order valence-corrected chi connectivity index (χ2v) is 14.4. The van der Waals surface area contributed by atoms with Crippen LogP contribution < -0.4 is 0 Å². The van der Waals surface area contributed by atoms with Crippen LogP contribution in [0.5, 0.6) is 0 Å². The van der Waals surface area contributed by atoms with E-state index in [1.165, 1.54) is 99.1 Å². The molecule has 0 nitrogen and oxygen atoms in total. The normalized spacial score (nSPS) is 12.7. The van der Waals surface area contributed by atoms with Gasteiger partial charge in [0, 0.05) is 0 Å². The summed E-state index contributed by atoms with van der Waals surface area (Å²) < 4.78 is 0. The Balaban J connectivity index is 1.20. The molecular weight excluding hydrogens is 649 g/mol. The summed E-state index contributed by atoms with van der Waals surface area (Å²) in [6.45, 7) is 0. The molecule has 9 aromatic carbocycles. The number of allylic oxidation sites excluding steroid dienone is 4. The lowest BCUT2D eigenvalue weighted by Crippen LogP contribution is -1.91. The quantitative estimate of drug-likeness (QED) is 0.153. The lowest BCUT2D eigenvalue weighted by atomic mass is 9.88. The molecule has 0 bridgehead atoms. The molecular formula is C54H38. The zero-order valence-corrected chi connectivity index (χ0v) is 30.0. The minimum Gasteiger partial charge on any atom is -0.0836 e. The van der Waals surface area contributed by atoms with Crippen LogP contribution in [0, 0.1) is 0 Å². The molecule has 0 saturated heterocycles. The van der Waals surface area contributed by atoms with Crippen molar-refractivity contribution in [3.8, 4) is 55.6 Å². The Morgan fingerprint density at radius 3 is 1.02 bits per heavy atom. The maximum Gasteiger partial charge on any atom is -0.00926 e. The predicted molar refractivity (Wildman–Crippen MR) is 232 cm³/mol. The third-order valence-electron chi connectivity index (χ3n) is 11.0. The van der Waals surface area contributed by atoms with E-state index in [2.05, 4.69) is 206 Å². The van der Waals surface area contributed by atoms with E-state index in [4.69, 9.17) is 0 Å². The van der Waals surface area contributed by atoms with E-state index in [0.717, 1.165) is 12.8 Å². The van der Waals surface area contributed by atoms with Gasteiger partial charge in [0.2, 0.25) is 0 Å². The Morgan fingerprint density at radius 1 is 0.241 bits per heavy atom. The molecule has 10 rings (SSSR count). The molecule has 0 unspecified atom stereocenters. The SMILES string of the molecule is C1=CC(c2cc(-c3ccccc3)cc(-c3ccc4c5ccccc5c5ccc(-c6cc(-c7ccccc7)cc(-c7ccccc7)c6)cc5c4c3)c2)=CCC1. The van der Waals surface area contributed by atoms with Crippen LogP contribution in [-0.2, 0) is 0 Å². The van der Waals surface area contributed by atoms with Gasteiger partial charge in [-0.2, -0.15) is 0 Å². The second-order valence-electron chi connectivity index (χ2n) is 14.4. The van der Waals surface area contributed by atoms with E-state index in [9.17, 15) is 0 Å². The standard InChI is InChI=1S/C54H38/c1-5-15-37(16-6-1)43-29-44(38-17-7-2-8-18-38)32-47(31-43)41-25-27-51-49-23-13-14-24-50(49)52-28-26-42(36-54(52)53(51)35-41)48-33-45(39-19-9-3-10-20-39)30-46(34-48)40-21-11-4-12-22-40/h1-3,5-11,13-36H,4,12H2. The van der Waals surface area contributed by atoms with Crippen LogP contribution in [-0.4, -0.2) is 0 Å². The number of fused-ring (bicyclic) bond motifs is 6. The lowest BCUT2D eigenvalue weighted by molar-refractivity contribution is 1.04. The van der Waals surface area contributed by atoms with Gasteiger partial charge in [-0.3, -0.25) is 0 Å². The van der Waals surface area contributed by atoms with Crippen LogP contribution >= 0.6 is 0 Å². The van der Waals surface area contributed by atoms with Crippen molar-refractivity contribution in [3.63, 3.8) is 0 Å². The van der Waals surface area contributed by atoms with Crippen molar-refractivity contribution >= 4 is 37.9 Å². The molecule has 0 saturated carbocycles. The van der Waals surface area contributed by atoms with Gasteiger partial charge in [0.15, 0.2) is 0 Å². The van der Waals surface area contributed by atoms with Crippen LogP contribution in [0.25, 0.3) is 93.5 Å². The van der Waals surface area contributed by atoms with E-state index < -0.39 is 0 Å². The fourth-order valence-corrected chi connectivity index (χ4v) is 8.29. The van der Waals surface area contributed by atoms with Gasteiger partial charge >= 0.3 is 0 Å². The summed E-state index contributed by atoms with van der Waals surface area (Å²) in [5, 5.41) is 7.66. The summed E-state index contributed by atoms with van der Waals surface area (Å²) in [5.41, 5.74) is 14.8. The maximum atomic E-state index is 2.43. The highest BCUT2D eigenvalue weighted by molar-refractivity contribution is 6.26. The van der Waals surface area contributed by atoms with E-state index >= 15 is 0 Å². The highest BCUT2D eigenvalue weighted by Gasteiger charge is 2.15. The van der Waals surface area contributed by atoms with Gasteiger partial charge in [-0.25, -0.2) is 0 Å². The van der Waals surface area contributed by atoms with Crippen molar-refractivity contribution in [2.24, 2.45) is 0 Å². The molecule has 0 amide bonds. The van der Waals surface area contributed by atoms with Gasteiger partial charge in [0.1, 0.15) is 0 Å². The molecule has 254 valence electrons. The second kappa shape index (κ2) is 13.7. The van der Waals surface area contributed by atoms with E-state index in [0.29, 0.717) is 0 Å². The number of hydrogen-bond donors (Lipinski definition) is 0. The molecule has 0 atom stereocenters. The van der Waals surface area contributed by atoms with Crippen molar-refractivity contribution < 1.29 is 0 Å². The summed E-state index contributed by atoms with van der Waals surface area (Å²) in [7, 11) is 0. The summed E-state index contributed by atoms with van der Waals surface area (Å²) in [4.78, 5) is 0. The van der Waals surface area contributed by atoms with Gasteiger partial charge in [0.05, 0.1) is 0 Å². The fraction of sp³-hybridized carbons (Fsp3) is 0.0370. The van der Waals surface area contributed by atoms with Crippen LogP contribution in [0.3, 0.4) is 0 Å². The molecule has 1 aliphatic rings. The lowest BCUT2D eigenvalue weighted by Gasteiger charge is -2.16. The molecule has 0 radical (unpaired) electrons. The average Bonchev–Trinajstić information content (AvgIpc) is 3.27. The summed E-state index contributed by atoms with van der Waals surface area (Å²) in [5.74, 6) is 0. The topological polar surface area (TPSA) is 0 Å². The molecule has 0 aliphatic heterocycles. The first-order chi connectivity index (χ1) is 26.7. The minimum absolute atomic E-state index is 1.08. The molecule has 0 heteroatoms. The molecule has 0 fully saturated rings. The number of benzene rings is 9. The highest BCUT2D eigenvalue weighted by atomic mass is 14.2. The molecule has 9 aromatic rings. The Hall–Kier alpha value is -6.76. The van der Waals surface area contributed by atoms with E-state index in [1.54, 1.807) is 0 Å². The predicted octanol–water partition coefficient (Wildman–Crippen LogP) is 15.2.